The first-order valence-electron chi connectivity index (χ1n) is 7.92. The second-order valence-electron chi connectivity index (χ2n) is 6.41. The summed E-state index contributed by atoms with van der Waals surface area (Å²) in [6, 6.07) is 13.5. The van der Waals surface area contributed by atoms with Crippen LogP contribution in [0.2, 0.25) is 0 Å². The lowest BCUT2D eigenvalue weighted by Gasteiger charge is -2.19. The maximum absolute atomic E-state index is 11.8. The number of nitrogens with one attached hydrogen (secondary N) is 1. The molecule has 0 aliphatic rings. The number of halogens is 1. The molecule has 0 aromatic heterocycles. The summed E-state index contributed by atoms with van der Waals surface area (Å²) < 4.78 is 16.2. The fourth-order valence-electron chi connectivity index (χ4n) is 1.88. The summed E-state index contributed by atoms with van der Waals surface area (Å²) in [6.45, 7) is 5.70. The van der Waals surface area contributed by atoms with Crippen LogP contribution in [0.3, 0.4) is 0 Å². The zero-order valence-corrected chi connectivity index (χ0v) is 16.3. The average Bonchev–Trinajstić information content (AvgIpc) is 2.55. The van der Waals surface area contributed by atoms with Crippen molar-refractivity contribution in [3.05, 3.63) is 58.6 Å². The number of ether oxygens (including phenoxy) is 3. The van der Waals surface area contributed by atoms with Crippen LogP contribution in [0.5, 0.6) is 11.5 Å². The van der Waals surface area contributed by atoms with Crippen LogP contribution < -0.4 is 14.8 Å². The minimum atomic E-state index is -0.827. The third-order valence-electron chi connectivity index (χ3n) is 2.98. The van der Waals surface area contributed by atoms with Gasteiger partial charge in [-0.1, -0.05) is 28.1 Å². The van der Waals surface area contributed by atoms with Crippen LogP contribution in [0.25, 0.3) is 0 Å². The summed E-state index contributed by atoms with van der Waals surface area (Å²) in [5.41, 5.74) is 0.293. The molecule has 0 saturated heterocycles. The van der Waals surface area contributed by atoms with Crippen molar-refractivity contribution < 1.29 is 23.8 Å². The summed E-state index contributed by atoms with van der Waals surface area (Å²) in [5.74, 6) is 0.726. The Labute approximate surface area is 160 Å². The highest BCUT2D eigenvalue weighted by atomic mass is 79.9. The van der Waals surface area contributed by atoms with Gasteiger partial charge in [0.05, 0.1) is 0 Å². The predicted molar refractivity (Wildman–Crippen MR) is 100 cm³/mol. The SMILES string of the molecule is CC(C)(C)OC(=O)NCc1ccc(OC(=O)Oc2ccc(Br)cc2)cc1. The van der Waals surface area contributed by atoms with Crippen molar-refractivity contribution in [1.82, 2.24) is 5.32 Å². The molecule has 138 valence electrons. The summed E-state index contributed by atoms with van der Waals surface area (Å²) in [6.07, 6.45) is -1.32. The maximum atomic E-state index is 11.8. The van der Waals surface area contributed by atoms with Gasteiger partial charge in [-0.15, -0.1) is 0 Å². The van der Waals surface area contributed by atoms with Crippen LogP contribution in [0.15, 0.2) is 53.0 Å². The number of carbonyl (C=O) groups is 2. The molecule has 0 aliphatic carbocycles. The molecular weight excluding hydrogens is 402 g/mol. The molecule has 0 atom stereocenters. The Bertz CT molecular complexity index is 751. The normalized spacial score (nSPS) is 10.8. The lowest BCUT2D eigenvalue weighted by Crippen LogP contribution is -2.32. The monoisotopic (exact) mass is 421 g/mol. The molecule has 1 N–H and O–H groups in total. The van der Waals surface area contributed by atoms with Crippen LogP contribution in [0.4, 0.5) is 9.59 Å². The zero-order chi connectivity index (χ0) is 19.2. The van der Waals surface area contributed by atoms with Crippen molar-refractivity contribution in [3.63, 3.8) is 0 Å². The third-order valence-corrected chi connectivity index (χ3v) is 3.50. The molecule has 0 spiro atoms. The number of rotatable bonds is 4. The Balaban J connectivity index is 1.82. The Morgan fingerprint density at radius 1 is 0.923 bits per heavy atom. The van der Waals surface area contributed by atoms with E-state index in [0.717, 1.165) is 10.0 Å². The van der Waals surface area contributed by atoms with Crippen LogP contribution in [0, 0.1) is 0 Å². The van der Waals surface area contributed by atoms with E-state index < -0.39 is 17.8 Å². The smallest absolute Gasteiger partial charge is 0.444 e. The fraction of sp³-hybridized carbons (Fsp3) is 0.263. The lowest BCUT2D eigenvalue weighted by atomic mass is 10.2. The first-order valence-corrected chi connectivity index (χ1v) is 8.71. The molecule has 0 fully saturated rings. The van der Waals surface area contributed by atoms with E-state index in [0.29, 0.717) is 18.0 Å². The number of amides is 1. The molecular formula is C19H20BrNO5. The van der Waals surface area contributed by atoms with E-state index in [1.165, 1.54) is 0 Å². The maximum Gasteiger partial charge on any atom is 0.519 e. The van der Waals surface area contributed by atoms with Gasteiger partial charge in [0.1, 0.15) is 17.1 Å². The minimum absolute atomic E-state index is 0.304. The lowest BCUT2D eigenvalue weighted by molar-refractivity contribution is 0.0523. The molecule has 0 aliphatic heterocycles. The Kier molecular flexibility index (Phi) is 6.63. The second kappa shape index (κ2) is 8.71. The summed E-state index contributed by atoms with van der Waals surface area (Å²) in [7, 11) is 0. The van der Waals surface area contributed by atoms with Gasteiger partial charge in [-0.25, -0.2) is 9.59 Å². The molecule has 7 heteroatoms. The Morgan fingerprint density at radius 3 is 1.92 bits per heavy atom. The quantitative estimate of drug-likeness (QED) is 0.551. The average molecular weight is 422 g/mol. The van der Waals surface area contributed by atoms with Gasteiger partial charge >= 0.3 is 12.2 Å². The van der Waals surface area contributed by atoms with E-state index in [1.807, 2.05) is 0 Å². The van der Waals surface area contributed by atoms with Gasteiger partial charge in [0.25, 0.3) is 0 Å². The van der Waals surface area contributed by atoms with Crippen molar-refractivity contribution in [3.8, 4) is 11.5 Å². The van der Waals surface area contributed by atoms with Crippen molar-refractivity contribution in [2.75, 3.05) is 0 Å². The van der Waals surface area contributed by atoms with Crippen molar-refractivity contribution >= 4 is 28.2 Å². The summed E-state index contributed by atoms with van der Waals surface area (Å²) >= 11 is 3.30. The highest BCUT2D eigenvalue weighted by Crippen LogP contribution is 2.18. The first kappa shape index (κ1) is 19.8. The van der Waals surface area contributed by atoms with Gasteiger partial charge in [-0.05, 0) is 62.7 Å². The van der Waals surface area contributed by atoms with Crippen molar-refractivity contribution in [1.29, 1.82) is 0 Å². The van der Waals surface area contributed by atoms with Crippen LogP contribution in [-0.4, -0.2) is 17.8 Å². The Morgan fingerprint density at radius 2 is 1.42 bits per heavy atom. The van der Waals surface area contributed by atoms with E-state index in [-0.39, 0.29) is 0 Å². The van der Waals surface area contributed by atoms with E-state index in [4.69, 9.17) is 14.2 Å². The van der Waals surface area contributed by atoms with Gasteiger partial charge < -0.3 is 19.5 Å². The van der Waals surface area contributed by atoms with Crippen LogP contribution in [0.1, 0.15) is 26.3 Å². The number of hydrogen-bond acceptors (Lipinski definition) is 5. The molecule has 2 rings (SSSR count). The van der Waals surface area contributed by atoms with Crippen LogP contribution in [-0.2, 0) is 11.3 Å². The van der Waals surface area contributed by atoms with Gasteiger partial charge in [0, 0.05) is 11.0 Å². The van der Waals surface area contributed by atoms with Gasteiger partial charge in [0.2, 0.25) is 0 Å². The van der Waals surface area contributed by atoms with Crippen molar-refractivity contribution in [2.45, 2.75) is 32.9 Å². The Hall–Kier alpha value is -2.54. The van der Waals surface area contributed by atoms with E-state index >= 15 is 0 Å². The molecule has 0 radical (unpaired) electrons. The molecule has 0 heterocycles. The largest absolute Gasteiger partial charge is 0.519 e. The molecule has 2 aromatic rings. The molecule has 1 amide bonds. The molecule has 26 heavy (non-hydrogen) atoms. The number of alkyl carbamates (subject to hydrolysis) is 1. The van der Waals surface area contributed by atoms with Gasteiger partial charge in [0.15, 0.2) is 0 Å². The second-order valence-corrected chi connectivity index (χ2v) is 7.32. The van der Waals surface area contributed by atoms with E-state index in [9.17, 15) is 9.59 Å². The highest BCUT2D eigenvalue weighted by molar-refractivity contribution is 9.10. The van der Waals surface area contributed by atoms with E-state index in [2.05, 4.69) is 21.2 Å². The molecule has 0 unspecified atom stereocenters. The molecule has 0 saturated carbocycles. The standard InChI is InChI=1S/C19H20BrNO5/c1-19(2,3)26-17(22)21-12-13-4-8-15(9-5-13)24-18(23)25-16-10-6-14(20)7-11-16/h4-11H,12H2,1-3H3,(H,21,22). The summed E-state index contributed by atoms with van der Waals surface area (Å²) in [5, 5.41) is 2.66. The van der Waals surface area contributed by atoms with Crippen LogP contribution >= 0.6 is 15.9 Å². The fourth-order valence-corrected chi connectivity index (χ4v) is 2.14. The topological polar surface area (TPSA) is 73.9 Å². The molecule has 0 bridgehead atoms. The first-order chi connectivity index (χ1) is 12.2. The molecule has 2 aromatic carbocycles. The predicted octanol–water partition coefficient (Wildman–Crippen LogP) is 5.05. The number of benzene rings is 2. The number of carbonyl (C=O) groups excluding carboxylic acids is 2. The van der Waals surface area contributed by atoms with Crippen molar-refractivity contribution in [2.24, 2.45) is 0 Å². The highest BCUT2D eigenvalue weighted by Gasteiger charge is 2.15. The molecule has 6 nitrogen and oxygen atoms in total. The minimum Gasteiger partial charge on any atom is -0.444 e. The zero-order valence-electron chi connectivity index (χ0n) is 14.7. The van der Waals surface area contributed by atoms with Gasteiger partial charge in [-0.3, -0.25) is 0 Å². The third kappa shape index (κ3) is 7.14. The summed E-state index contributed by atoms with van der Waals surface area (Å²) in [4.78, 5) is 23.4. The van der Waals surface area contributed by atoms with E-state index in [1.54, 1.807) is 69.3 Å². The van der Waals surface area contributed by atoms with Gasteiger partial charge in [-0.2, -0.15) is 0 Å². The number of hydrogen-bond donors (Lipinski definition) is 1.